The summed E-state index contributed by atoms with van der Waals surface area (Å²) in [5.74, 6) is 1.02. The summed E-state index contributed by atoms with van der Waals surface area (Å²) >= 11 is 0. The molecular formula is C15H24N2O4. The van der Waals surface area contributed by atoms with Gasteiger partial charge in [-0.15, -0.1) is 0 Å². The lowest BCUT2D eigenvalue weighted by Gasteiger charge is -2.23. The van der Waals surface area contributed by atoms with Gasteiger partial charge in [0.2, 0.25) is 0 Å². The summed E-state index contributed by atoms with van der Waals surface area (Å²) in [5, 5.41) is 0. The van der Waals surface area contributed by atoms with Crippen LogP contribution in [0.15, 0.2) is 18.2 Å². The molecule has 21 heavy (non-hydrogen) atoms. The van der Waals surface area contributed by atoms with Crippen molar-refractivity contribution in [2.45, 2.75) is 6.42 Å². The zero-order chi connectivity index (χ0) is 15.7. The topological polar surface area (TPSA) is 74.0 Å². The van der Waals surface area contributed by atoms with Crippen LogP contribution in [0.3, 0.4) is 0 Å². The molecule has 1 amide bonds. The van der Waals surface area contributed by atoms with Crippen molar-refractivity contribution in [2.24, 2.45) is 5.73 Å². The van der Waals surface area contributed by atoms with Crippen LogP contribution in [0.4, 0.5) is 0 Å². The average Bonchev–Trinajstić information content (AvgIpc) is 2.53. The first-order valence-corrected chi connectivity index (χ1v) is 6.88. The van der Waals surface area contributed by atoms with Crippen LogP contribution in [-0.4, -0.2) is 58.4 Å². The number of methoxy groups -OCH3 is 3. The van der Waals surface area contributed by atoms with Crippen molar-refractivity contribution in [3.63, 3.8) is 0 Å². The van der Waals surface area contributed by atoms with E-state index in [9.17, 15) is 4.79 Å². The minimum absolute atomic E-state index is 0.115. The molecule has 0 saturated carbocycles. The van der Waals surface area contributed by atoms with Gasteiger partial charge in [-0.2, -0.15) is 0 Å². The zero-order valence-corrected chi connectivity index (χ0v) is 12.9. The molecule has 1 aromatic carbocycles. The van der Waals surface area contributed by atoms with Crippen molar-refractivity contribution >= 4 is 5.91 Å². The molecule has 0 saturated heterocycles. The van der Waals surface area contributed by atoms with Crippen molar-refractivity contribution in [3.8, 4) is 11.5 Å². The van der Waals surface area contributed by atoms with Crippen molar-refractivity contribution in [3.05, 3.63) is 23.8 Å². The van der Waals surface area contributed by atoms with Gasteiger partial charge in [-0.05, 0) is 31.2 Å². The molecule has 1 rings (SSSR count). The highest BCUT2D eigenvalue weighted by atomic mass is 16.5. The molecule has 0 radical (unpaired) electrons. The Morgan fingerprint density at radius 1 is 1.19 bits per heavy atom. The monoisotopic (exact) mass is 296 g/mol. The number of hydrogen-bond donors (Lipinski definition) is 1. The Balaban J connectivity index is 2.99. The zero-order valence-electron chi connectivity index (χ0n) is 12.9. The summed E-state index contributed by atoms with van der Waals surface area (Å²) in [6, 6.07) is 5.17. The Morgan fingerprint density at radius 2 is 1.95 bits per heavy atom. The molecule has 1 aromatic rings. The number of nitrogens with two attached hydrogens (primary N) is 1. The Bertz CT molecular complexity index is 443. The highest BCUT2D eigenvalue weighted by Crippen LogP contribution is 2.25. The van der Waals surface area contributed by atoms with E-state index in [1.54, 1.807) is 37.3 Å². The third kappa shape index (κ3) is 4.91. The van der Waals surface area contributed by atoms with E-state index in [0.717, 1.165) is 6.42 Å². The third-order valence-corrected chi connectivity index (χ3v) is 3.12. The van der Waals surface area contributed by atoms with E-state index in [-0.39, 0.29) is 5.91 Å². The fraction of sp³-hybridized carbons (Fsp3) is 0.533. The number of rotatable bonds is 9. The summed E-state index contributed by atoms with van der Waals surface area (Å²) in [7, 11) is 4.71. The second-order valence-electron chi connectivity index (χ2n) is 4.49. The molecule has 0 aliphatic rings. The molecule has 2 N–H and O–H groups in total. The molecule has 0 unspecified atom stereocenters. The normalized spacial score (nSPS) is 10.3. The van der Waals surface area contributed by atoms with Gasteiger partial charge in [0.1, 0.15) is 11.5 Å². The van der Waals surface area contributed by atoms with E-state index in [2.05, 4.69) is 0 Å². The average molecular weight is 296 g/mol. The molecule has 0 heterocycles. The fourth-order valence-corrected chi connectivity index (χ4v) is 1.95. The minimum atomic E-state index is -0.115. The summed E-state index contributed by atoms with van der Waals surface area (Å²) in [4.78, 5) is 14.4. The number of hydrogen-bond acceptors (Lipinski definition) is 5. The summed E-state index contributed by atoms with van der Waals surface area (Å²) in [6.45, 7) is 2.10. The van der Waals surface area contributed by atoms with Gasteiger partial charge in [-0.25, -0.2) is 0 Å². The van der Waals surface area contributed by atoms with E-state index in [0.29, 0.717) is 43.3 Å². The number of amides is 1. The number of ether oxygens (including phenoxy) is 3. The predicted molar refractivity (Wildman–Crippen MR) is 81.0 cm³/mol. The molecule has 0 aliphatic heterocycles. The molecule has 6 heteroatoms. The smallest absolute Gasteiger partial charge is 0.257 e. The van der Waals surface area contributed by atoms with Gasteiger partial charge in [0, 0.05) is 20.2 Å². The van der Waals surface area contributed by atoms with E-state index < -0.39 is 0 Å². The molecule has 0 spiro atoms. The quantitative estimate of drug-likeness (QED) is 0.740. The van der Waals surface area contributed by atoms with Crippen molar-refractivity contribution in [1.29, 1.82) is 0 Å². The molecule has 0 fully saturated rings. The highest BCUT2D eigenvalue weighted by Gasteiger charge is 2.20. The van der Waals surface area contributed by atoms with Crippen LogP contribution in [0.1, 0.15) is 16.8 Å². The van der Waals surface area contributed by atoms with Crippen LogP contribution < -0.4 is 15.2 Å². The second-order valence-corrected chi connectivity index (χ2v) is 4.49. The maximum atomic E-state index is 12.7. The maximum absolute atomic E-state index is 12.7. The highest BCUT2D eigenvalue weighted by molar-refractivity contribution is 5.97. The van der Waals surface area contributed by atoms with Crippen molar-refractivity contribution in [2.75, 3.05) is 47.6 Å². The lowest BCUT2D eigenvalue weighted by molar-refractivity contribution is 0.0691. The minimum Gasteiger partial charge on any atom is -0.497 e. The van der Waals surface area contributed by atoms with Crippen molar-refractivity contribution in [1.82, 2.24) is 4.90 Å². The first-order chi connectivity index (χ1) is 10.2. The lowest BCUT2D eigenvalue weighted by Crippen LogP contribution is -2.35. The number of benzene rings is 1. The lowest BCUT2D eigenvalue weighted by atomic mass is 10.1. The van der Waals surface area contributed by atoms with Gasteiger partial charge in [0.15, 0.2) is 0 Å². The fourth-order valence-electron chi connectivity index (χ4n) is 1.95. The second kappa shape index (κ2) is 9.20. The maximum Gasteiger partial charge on any atom is 0.257 e. The van der Waals surface area contributed by atoms with Crippen LogP contribution >= 0.6 is 0 Å². The van der Waals surface area contributed by atoms with Crippen LogP contribution in [0, 0.1) is 0 Å². The Labute approximate surface area is 125 Å². The van der Waals surface area contributed by atoms with Gasteiger partial charge in [0.05, 0.1) is 26.4 Å². The summed E-state index contributed by atoms with van der Waals surface area (Å²) in [6.07, 6.45) is 0.738. The van der Waals surface area contributed by atoms with E-state index in [4.69, 9.17) is 19.9 Å². The molecular weight excluding hydrogens is 272 g/mol. The SMILES string of the molecule is COCCN(CCCN)C(=O)c1cc(OC)ccc1OC. The number of carbonyl (C=O) groups is 1. The van der Waals surface area contributed by atoms with Crippen LogP contribution in [0.2, 0.25) is 0 Å². The Hall–Kier alpha value is -1.79. The van der Waals surface area contributed by atoms with E-state index in [1.165, 1.54) is 7.11 Å². The summed E-state index contributed by atoms with van der Waals surface area (Å²) in [5.41, 5.74) is 6.01. The standard InChI is InChI=1S/C15H24N2O4/c1-19-10-9-17(8-4-7-16)15(18)13-11-12(20-2)5-6-14(13)21-3/h5-6,11H,4,7-10,16H2,1-3H3. The van der Waals surface area contributed by atoms with Crippen LogP contribution in [0.25, 0.3) is 0 Å². The van der Waals surface area contributed by atoms with Crippen LogP contribution in [-0.2, 0) is 4.74 Å². The molecule has 0 aliphatic carbocycles. The molecule has 0 aromatic heterocycles. The van der Waals surface area contributed by atoms with Crippen LogP contribution in [0.5, 0.6) is 11.5 Å². The molecule has 0 bridgehead atoms. The summed E-state index contributed by atoms with van der Waals surface area (Å²) < 4.78 is 15.5. The van der Waals surface area contributed by atoms with Crippen molar-refractivity contribution < 1.29 is 19.0 Å². The molecule has 118 valence electrons. The molecule has 0 atom stereocenters. The number of carbonyl (C=O) groups excluding carboxylic acids is 1. The molecule has 6 nitrogen and oxygen atoms in total. The van der Waals surface area contributed by atoms with Gasteiger partial charge >= 0.3 is 0 Å². The van der Waals surface area contributed by atoms with Gasteiger partial charge in [-0.3, -0.25) is 4.79 Å². The Kier molecular flexibility index (Phi) is 7.56. The largest absolute Gasteiger partial charge is 0.497 e. The third-order valence-electron chi connectivity index (χ3n) is 3.12. The van der Waals surface area contributed by atoms with E-state index in [1.807, 2.05) is 0 Å². The Morgan fingerprint density at radius 3 is 2.52 bits per heavy atom. The predicted octanol–water partition coefficient (Wildman–Crippen LogP) is 1.14. The van der Waals surface area contributed by atoms with E-state index >= 15 is 0 Å². The first kappa shape index (κ1) is 17.3. The van der Waals surface area contributed by atoms with Gasteiger partial charge < -0.3 is 24.8 Å². The van der Waals surface area contributed by atoms with Gasteiger partial charge in [-0.1, -0.05) is 0 Å². The first-order valence-electron chi connectivity index (χ1n) is 6.88. The van der Waals surface area contributed by atoms with Gasteiger partial charge in [0.25, 0.3) is 5.91 Å². The number of nitrogens with zero attached hydrogens (tertiary/aromatic N) is 1.